The normalized spacial score (nSPS) is 9.33. The molecule has 0 aliphatic heterocycles. The number of benzene rings is 2. The van der Waals surface area contributed by atoms with Crippen molar-refractivity contribution in [3.05, 3.63) is 60.7 Å². The molecule has 0 fully saturated rings. The number of hydrogen-bond donors (Lipinski definition) is 0. The van der Waals surface area contributed by atoms with Gasteiger partial charge in [0.25, 0.3) is 0 Å². The summed E-state index contributed by atoms with van der Waals surface area (Å²) in [5, 5.41) is 2.39. The molecule has 68 valence electrons. The molecule has 0 bridgehead atoms. The molecule has 0 amide bonds. The first-order chi connectivity index (χ1) is 6.86. The zero-order valence-corrected chi connectivity index (χ0v) is 8.96. The summed E-state index contributed by atoms with van der Waals surface area (Å²) in [6.07, 6.45) is 3.67. The third-order valence-electron chi connectivity index (χ3n) is 2.33. The Labute approximate surface area is 102 Å². The third kappa shape index (κ3) is 2.07. The minimum absolute atomic E-state index is 0. The van der Waals surface area contributed by atoms with E-state index in [2.05, 4.69) is 31.4 Å². The molecule has 0 radical (unpaired) electrons. The van der Waals surface area contributed by atoms with Gasteiger partial charge in [-0.3, -0.25) is 0 Å². The third-order valence-corrected chi connectivity index (χ3v) is 2.33. The van der Waals surface area contributed by atoms with E-state index in [9.17, 15) is 0 Å². The van der Waals surface area contributed by atoms with Crippen LogP contribution in [0.15, 0.2) is 43.5 Å². The maximum Gasteiger partial charge on any atom is 1.00 e. The van der Waals surface area contributed by atoms with Crippen LogP contribution in [0, 0.1) is 6.07 Å². The molecule has 1 heteroatoms. The Morgan fingerprint density at radius 1 is 1.07 bits per heavy atom. The SMILES string of the molecule is C=Cc1[c-]cc2ccccc2c1C=C.[Li+]. The summed E-state index contributed by atoms with van der Waals surface area (Å²) in [7, 11) is 0. The van der Waals surface area contributed by atoms with Crippen molar-refractivity contribution >= 4 is 22.9 Å². The minimum atomic E-state index is 0. The Hall–Kier alpha value is -1.22. The average Bonchev–Trinajstić information content (AvgIpc) is 2.27. The van der Waals surface area contributed by atoms with E-state index in [1.54, 1.807) is 0 Å². The summed E-state index contributed by atoms with van der Waals surface area (Å²) >= 11 is 0. The molecule has 0 saturated carbocycles. The summed E-state index contributed by atoms with van der Waals surface area (Å²) in [6.45, 7) is 7.59. The van der Waals surface area contributed by atoms with Crippen LogP contribution in [0.1, 0.15) is 11.1 Å². The molecule has 0 N–H and O–H groups in total. The van der Waals surface area contributed by atoms with Crippen LogP contribution in [0.3, 0.4) is 0 Å². The van der Waals surface area contributed by atoms with E-state index < -0.39 is 0 Å². The quantitative estimate of drug-likeness (QED) is 0.483. The Morgan fingerprint density at radius 2 is 1.80 bits per heavy atom. The van der Waals surface area contributed by atoms with Crippen LogP contribution in [-0.2, 0) is 0 Å². The fourth-order valence-corrected chi connectivity index (χ4v) is 1.64. The van der Waals surface area contributed by atoms with Gasteiger partial charge < -0.3 is 0 Å². The average molecular weight is 186 g/mol. The predicted molar refractivity (Wildman–Crippen MR) is 63.0 cm³/mol. The summed E-state index contributed by atoms with van der Waals surface area (Å²) in [5.41, 5.74) is 2.12. The van der Waals surface area contributed by atoms with E-state index in [0.29, 0.717) is 0 Å². The Kier molecular flexibility index (Phi) is 3.97. The molecular formula is C14H11Li. The predicted octanol–water partition coefficient (Wildman–Crippen LogP) is 0.930. The molecule has 0 aliphatic carbocycles. The summed E-state index contributed by atoms with van der Waals surface area (Å²) in [6, 6.07) is 13.4. The van der Waals surface area contributed by atoms with E-state index in [1.807, 2.05) is 30.4 Å². The standard InChI is InChI=1S/C14H11.Li/c1-3-11-9-10-12-7-5-6-8-14(12)13(11)4-2;/h3-8,10H,1-2H2;/q-1;+1. The van der Waals surface area contributed by atoms with Crippen molar-refractivity contribution in [1.82, 2.24) is 0 Å². The minimum Gasteiger partial charge on any atom is -0.143 e. The van der Waals surface area contributed by atoms with Crippen LogP contribution in [0.4, 0.5) is 0 Å². The number of fused-ring (bicyclic) bond motifs is 1. The first-order valence-corrected chi connectivity index (χ1v) is 4.55. The van der Waals surface area contributed by atoms with Crippen molar-refractivity contribution in [2.24, 2.45) is 0 Å². The molecule has 15 heavy (non-hydrogen) atoms. The largest absolute Gasteiger partial charge is 1.00 e. The molecule has 0 nitrogen and oxygen atoms in total. The molecule has 0 aromatic heterocycles. The first kappa shape index (κ1) is 11.8. The van der Waals surface area contributed by atoms with Gasteiger partial charge in [-0.15, -0.1) is 48.6 Å². The van der Waals surface area contributed by atoms with Crippen molar-refractivity contribution < 1.29 is 18.9 Å². The zero-order chi connectivity index (χ0) is 9.97. The monoisotopic (exact) mass is 186 g/mol. The van der Waals surface area contributed by atoms with Crippen molar-refractivity contribution in [2.75, 3.05) is 0 Å². The zero-order valence-electron chi connectivity index (χ0n) is 8.96. The van der Waals surface area contributed by atoms with Gasteiger partial charge in [0, 0.05) is 0 Å². The van der Waals surface area contributed by atoms with Gasteiger partial charge >= 0.3 is 18.9 Å². The molecule has 0 heterocycles. The van der Waals surface area contributed by atoms with Crippen LogP contribution in [0.2, 0.25) is 0 Å². The van der Waals surface area contributed by atoms with Gasteiger partial charge in [0.15, 0.2) is 0 Å². The molecule has 2 rings (SSSR count). The van der Waals surface area contributed by atoms with Gasteiger partial charge in [-0.1, -0.05) is 35.0 Å². The van der Waals surface area contributed by atoms with Crippen LogP contribution >= 0.6 is 0 Å². The van der Waals surface area contributed by atoms with E-state index in [0.717, 1.165) is 11.1 Å². The van der Waals surface area contributed by atoms with E-state index in [4.69, 9.17) is 0 Å². The molecule has 0 saturated heterocycles. The smallest absolute Gasteiger partial charge is 0.143 e. The van der Waals surface area contributed by atoms with Crippen LogP contribution in [0.25, 0.3) is 22.9 Å². The maximum atomic E-state index is 3.82. The van der Waals surface area contributed by atoms with Gasteiger partial charge in [-0.25, -0.2) is 0 Å². The molecule has 2 aromatic rings. The molecule has 0 atom stereocenters. The first-order valence-electron chi connectivity index (χ1n) is 4.55. The van der Waals surface area contributed by atoms with Crippen LogP contribution in [0.5, 0.6) is 0 Å². The topological polar surface area (TPSA) is 0 Å². The van der Waals surface area contributed by atoms with E-state index >= 15 is 0 Å². The molecule has 0 unspecified atom stereocenters. The van der Waals surface area contributed by atoms with Crippen molar-refractivity contribution in [1.29, 1.82) is 0 Å². The van der Waals surface area contributed by atoms with E-state index in [1.165, 1.54) is 10.8 Å². The van der Waals surface area contributed by atoms with Gasteiger partial charge in [-0.2, -0.15) is 0 Å². The van der Waals surface area contributed by atoms with E-state index in [-0.39, 0.29) is 18.9 Å². The Morgan fingerprint density at radius 3 is 2.47 bits per heavy atom. The second kappa shape index (κ2) is 5.03. The molecule has 0 aliphatic rings. The van der Waals surface area contributed by atoms with Crippen LogP contribution < -0.4 is 18.9 Å². The van der Waals surface area contributed by atoms with Crippen molar-refractivity contribution in [3.8, 4) is 0 Å². The summed E-state index contributed by atoms with van der Waals surface area (Å²) in [4.78, 5) is 0. The Balaban J connectivity index is 0.00000112. The van der Waals surface area contributed by atoms with Gasteiger partial charge in [-0.05, 0) is 0 Å². The summed E-state index contributed by atoms with van der Waals surface area (Å²) < 4.78 is 0. The fourth-order valence-electron chi connectivity index (χ4n) is 1.64. The van der Waals surface area contributed by atoms with Crippen LogP contribution in [-0.4, -0.2) is 0 Å². The second-order valence-electron chi connectivity index (χ2n) is 3.11. The molecule has 2 aromatic carbocycles. The maximum absolute atomic E-state index is 3.82. The summed E-state index contributed by atoms with van der Waals surface area (Å²) in [5.74, 6) is 0. The number of hydrogen-bond acceptors (Lipinski definition) is 0. The number of rotatable bonds is 2. The van der Waals surface area contributed by atoms with Crippen molar-refractivity contribution in [3.63, 3.8) is 0 Å². The van der Waals surface area contributed by atoms with Gasteiger partial charge in [0.05, 0.1) is 0 Å². The Bertz CT molecular complexity index is 498. The van der Waals surface area contributed by atoms with Crippen molar-refractivity contribution in [2.45, 2.75) is 0 Å². The van der Waals surface area contributed by atoms with Gasteiger partial charge in [0.1, 0.15) is 0 Å². The molecular weight excluding hydrogens is 175 g/mol. The fraction of sp³-hybridized carbons (Fsp3) is 0. The second-order valence-corrected chi connectivity index (χ2v) is 3.11. The molecule has 0 spiro atoms. The van der Waals surface area contributed by atoms with Gasteiger partial charge in [0.2, 0.25) is 0 Å².